The molecule has 0 spiro atoms. The molecule has 14 heteroatoms. The molecule has 4 rings (SSSR count). The Morgan fingerprint density at radius 1 is 0.667 bits per heavy atom. The lowest BCUT2D eigenvalue weighted by Crippen LogP contribution is -2.24. The van der Waals surface area contributed by atoms with Crippen molar-refractivity contribution in [2.24, 2.45) is 0 Å². The maximum absolute atomic E-state index is 6.81. The monoisotopic (exact) mass is 492 g/mol. The van der Waals surface area contributed by atoms with Gasteiger partial charge >= 0.3 is 0 Å². The minimum absolute atomic E-state index is 0.0234. The van der Waals surface area contributed by atoms with Crippen molar-refractivity contribution in [1.82, 2.24) is 40.4 Å². The van der Waals surface area contributed by atoms with Crippen LogP contribution in [0.3, 0.4) is 0 Å². The first kappa shape index (κ1) is 22.6. The van der Waals surface area contributed by atoms with Crippen molar-refractivity contribution < 1.29 is 18.9 Å². The van der Waals surface area contributed by atoms with E-state index < -0.39 is 4.33 Å². The maximum Gasteiger partial charge on any atom is 0.240 e. The van der Waals surface area contributed by atoms with E-state index in [1.807, 2.05) is 0 Å². The highest BCUT2D eigenvalue weighted by Gasteiger charge is 2.42. The number of hydrogen-bond acceptors (Lipinski definition) is 10. The van der Waals surface area contributed by atoms with Gasteiger partial charge in [0.15, 0.2) is 0 Å². The van der Waals surface area contributed by atoms with Gasteiger partial charge in [0.2, 0.25) is 16.0 Å². The van der Waals surface area contributed by atoms with Gasteiger partial charge in [0.25, 0.3) is 0 Å². The largest absolute Gasteiger partial charge is 0.497 e. The zero-order valence-electron chi connectivity index (χ0n) is 17.9. The lowest BCUT2D eigenvalue weighted by atomic mass is 10.2. The molecule has 172 valence electrons. The zero-order chi connectivity index (χ0) is 23.6. The Kier molecular flexibility index (Phi) is 6.20. The molecule has 0 aliphatic carbocycles. The third-order valence-electron chi connectivity index (χ3n) is 4.73. The van der Waals surface area contributed by atoms with Crippen molar-refractivity contribution in [3.8, 4) is 34.4 Å². The van der Waals surface area contributed by atoms with Crippen molar-refractivity contribution in [2.45, 2.75) is 4.33 Å². The van der Waals surface area contributed by atoms with Crippen LogP contribution in [0.15, 0.2) is 36.4 Å². The van der Waals surface area contributed by atoms with Gasteiger partial charge in [-0.1, -0.05) is 23.2 Å². The topological polar surface area (TPSA) is 124 Å². The van der Waals surface area contributed by atoms with Crippen LogP contribution in [0.4, 0.5) is 0 Å². The number of ether oxygens (including phenoxy) is 4. The molecule has 33 heavy (non-hydrogen) atoms. The van der Waals surface area contributed by atoms with Gasteiger partial charge in [0, 0.05) is 12.1 Å². The van der Waals surface area contributed by atoms with Crippen LogP contribution in [0.25, 0.3) is 11.4 Å². The molecule has 0 aliphatic heterocycles. The van der Waals surface area contributed by atoms with Crippen LogP contribution in [0.1, 0.15) is 11.6 Å². The van der Waals surface area contributed by atoms with Gasteiger partial charge in [0.05, 0.1) is 28.4 Å². The number of alkyl halides is 2. The van der Waals surface area contributed by atoms with Crippen molar-refractivity contribution in [3.05, 3.63) is 48.0 Å². The van der Waals surface area contributed by atoms with E-state index in [1.165, 1.54) is 37.8 Å². The smallest absolute Gasteiger partial charge is 0.240 e. The van der Waals surface area contributed by atoms with E-state index in [4.69, 9.17) is 42.1 Å². The summed E-state index contributed by atoms with van der Waals surface area (Å²) in [5.74, 6) is 2.07. The Bertz CT molecular complexity index is 1180. The van der Waals surface area contributed by atoms with Crippen LogP contribution >= 0.6 is 23.2 Å². The number of halogens is 2. The van der Waals surface area contributed by atoms with Gasteiger partial charge < -0.3 is 18.9 Å². The average Bonchev–Trinajstić information content (AvgIpc) is 3.54. The van der Waals surface area contributed by atoms with Crippen molar-refractivity contribution in [2.75, 3.05) is 28.4 Å². The third kappa shape index (κ3) is 3.98. The maximum atomic E-state index is 6.81. The molecule has 0 saturated carbocycles. The van der Waals surface area contributed by atoms with Crippen LogP contribution in [0.2, 0.25) is 0 Å². The fourth-order valence-corrected chi connectivity index (χ4v) is 3.59. The molecule has 0 unspecified atom stereocenters. The molecular weight excluding hydrogens is 475 g/mol. The third-order valence-corrected chi connectivity index (χ3v) is 5.41. The predicted octanol–water partition coefficient (Wildman–Crippen LogP) is 2.35. The van der Waals surface area contributed by atoms with E-state index in [9.17, 15) is 0 Å². The number of tetrazole rings is 2. The molecule has 12 nitrogen and oxygen atoms in total. The van der Waals surface area contributed by atoms with Crippen LogP contribution in [-0.2, 0) is 4.33 Å². The second-order valence-corrected chi connectivity index (χ2v) is 7.81. The first-order valence-corrected chi connectivity index (χ1v) is 10.1. The summed E-state index contributed by atoms with van der Waals surface area (Å²) in [6.07, 6.45) is 0. The fourth-order valence-electron chi connectivity index (χ4n) is 3.11. The summed E-state index contributed by atoms with van der Waals surface area (Å²) in [4.78, 5) is 0. The summed E-state index contributed by atoms with van der Waals surface area (Å²) >= 11 is 13.6. The molecule has 0 bridgehead atoms. The Labute approximate surface area is 197 Å². The summed E-state index contributed by atoms with van der Waals surface area (Å²) in [7, 11) is 6.10. The van der Waals surface area contributed by atoms with E-state index in [0.717, 1.165) is 0 Å². The Morgan fingerprint density at radius 2 is 1.09 bits per heavy atom. The van der Waals surface area contributed by atoms with Gasteiger partial charge in [-0.2, -0.15) is 9.36 Å². The predicted molar refractivity (Wildman–Crippen MR) is 117 cm³/mol. The molecule has 0 saturated heterocycles. The number of rotatable bonds is 8. The highest BCUT2D eigenvalue weighted by molar-refractivity contribution is 6.49. The second-order valence-electron chi connectivity index (χ2n) is 6.48. The minimum Gasteiger partial charge on any atom is -0.497 e. The molecule has 0 radical (unpaired) electrons. The SMILES string of the molecule is COc1ccc(OC)c(-n2nnnc2C(Cl)(Cl)c2nnnn2-c2cc(OC)ccc2OC)c1. The molecule has 0 aliphatic rings. The first-order chi connectivity index (χ1) is 15.9. The second kappa shape index (κ2) is 9.08. The summed E-state index contributed by atoms with van der Waals surface area (Å²) in [5, 5.41) is 23.6. The van der Waals surface area contributed by atoms with Crippen LogP contribution in [-0.4, -0.2) is 68.9 Å². The molecule has 0 N–H and O–H groups in total. The lowest BCUT2D eigenvalue weighted by Gasteiger charge is -2.19. The molecule has 2 aromatic heterocycles. The van der Waals surface area contributed by atoms with E-state index >= 15 is 0 Å². The quantitative estimate of drug-likeness (QED) is 0.338. The summed E-state index contributed by atoms with van der Waals surface area (Å²) in [5.41, 5.74) is 0.890. The normalized spacial score (nSPS) is 11.3. The van der Waals surface area contributed by atoms with E-state index in [2.05, 4.69) is 31.1 Å². The Morgan fingerprint density at radius 3 is 1.45 bits per heavy atom. The van der Waals surface area contributed by atoms with Crippen molar-refractivity contribution in [3.63, 3.8) is 0 Å². The number of aromatic nitrogens is 8. The molecule has 4 aromatic rings. The van der Waals surface area contributed by atoms with Crippen LogP contribution in [0.5, 0.6) is 23.0 Å². The van der Waals surface area contributed by atoms with Crippen LogP contribution in [0, 0.1) is 0 Å². The molecule has 2 heterocycles. The standard InChI is InChI=1S/C19H18Cl2N8O4/c1-30-11-5-7-15(32-3)13(9-11)28-17(22-24-26-28)19(20,21)18-23-25-27-29(18)14-10-12(31-2)6-8-16(14)33-4/h5-10H,1-4H3. The van der Waals surface area contributed by atoms with Crippen molar-refractivity contribution in [1.29, 1.82) is 0 Å². The molecule has 0 fully saturated rings. The van der Waals surface area contributed by atoms with E-state index in [1.54, 1.807) is 36.4 Å². The molecule has 0 atom stereocenters. The van der Waals surface area contributed by atoms with Crippen LogP contribution < -0.4 is 18.9 Å². The zero-order valence-corrected chi connectivity index (χ0v) is 19.4. The summed E-state index contributed by atoms with van der Waals surface area (Å²) in [6, 6.07) is 10.2. The minimum atomic E-state index is -1.89. The average molecular weight is 493 g/mol. The highest BCUT2D eigenvalue weighted by Crippen LogP contribution is 2.41. The number of methoxy groups -OCH3 is 4. The van der Waals surface area contributed by atoms with Gasteiger partial charge in [-0.25, -0.2) is 0 Å². The van der Waals surface area contributed by atoms with E-state index in [-0.39, 0.29) is 11.6 Å². The molecule has 0 amide bonds. The van der Waals surface area contributed by atoms with Gasteiger partial charge in [-0.05, 0) is 45.1 Å². The van der Waals surface area contributed by atoms with Crippen molar-refractivity contribution >= 4 is 23.2 Å². The number of benzene rings is 2. The summed E-state index contributed by atoms with van der Waals surface area (Å²) in [6.45, 7) is 0. The molecular formula is C19H18Cl2N8O4. The van der Waals surface area contributed by atoms with E-state index in [0.29, 0.717) is 34.4 Å². The number of hydrogen-bond donors (Lipinski definition) is 0. The first-order valence-electron chi connectivity index (χ1n) is 9.35. The van der Waals surface area contributed by atoms with Gasteiger partial charge in [0.1, 0.15) is 34.4 Å². The Balaban J connectivity index is 1.87. The fraction of sp³-hybridized carbons (Fsp3) is 0.263. The summed E-state index contributed by atoms with van der Waals surface area (Å²) < 4.78 is 22.3. The Hall–Kier alpha value is -3.64. The highest BCUT2D eigenvalue weighted by atomic mass is 35.5. The number of nitrogens with zero attached hydrogens (tertiary/aromatic N) is 8. The lowest BCUT2D eigenvalue weighted by molar-refractivity contribution is 0.399. The van der Waals surface area contributed by atoms with Gasteiger partial charge in [-0.3, -0.25) is 0 Å². The van der Waals surface area contributed by atoms with Gasteiger partial charge in [-0.15, -0.1) is 10.2 Å². The molecule has 2 aromatic carbocycles.